The number of anilines is 2. The molecule has 3 heterocycles. The van der Waals surface area contributed by atoms with Crippen molar-refractivity contribution in [1.82, 2.24) is 15.1 Å². The van der Waals surface area contributed by atoms with Gasteiger partial charge >= 0.3 is 0 Å². The maximum absolute atomic E-state index is 13.7. The van der Waals surface area contributed by atoms with Crippen LogP contribution < -0.4 is 19.7 Å². The predicted molar refractivity (Wildman–Crippen MR) is 129 cm³/mol. The Balaban J connectivity index is 1.55. The van der Waals surface area contributed by atoms with Crippen LogP contribution in [-0.4, -0.2) is 53.6 Å². The molecule has 2 aromatic carbocycles. The van der Waals surface area contributed by atoms with E-state index in [1.165, 1.54) is 35.4 Å². The summed E-state index contributed by atoms with van der Waals surface area (Å²) >= 11 is 1.29. The van der Waals surface area contributed by atoms with Crippen molar-refractivity contribution >= 4 is 39.9 Å². The van der Waals surface area contributed by atoms with Gasteiger partial charge in [-0.05, 0) is 18.2 Å². The number of fused-ring (bicyclic) bond motifs is 5. The fourth-order valence-corrected chi connectivity index (χ4v) is 5.18. The maximum Gasteiger partial charge on any atom is 0.264 e. The number of hydrogen-bond acceptors (Lipinski definition) is 8. The van der Waals surface area contributed by atoms with Gasteiger partial charge in [0.25, 0.3) is 11.8 Å². The molecule has 180 valence electrons. The van der Waals surface area contributed by atoms with Gasteiger partial charge in [0.2, 0.25) is 11.0 Å². The van der Waals surface area contributed by atoms with Crippen molar-refractivity contribution in [3.63, 3.8) is 0 Å². The first-order valence-electron chi connectivity index (χ1n) is 11.0. The van der Waals surface area contributed by atoms with Crippen molar-refractivity contribution in [2.24, 2.45) is 0 Å². The number of hydrogen-bond donors (Lipinski definition) is 1. The Morgan fingerprint density at radius 1 is 1.09 bits per heavy atom. The Morgan fingerprint density at radius 3 is 2.54 bits per heavy atom. The molecule has 0 spiro atoms. The third-order valence-electron chi connectivity index (χ3n) is 5.98. The van der Waals surface area contributed by atoms with E-state index in [9.17, 15) is 14.4 Å². The summed E-state index contributed by atoms with van der Waals surface area (Å²) in [5, 5.41) is 12.0. The summed E-state index contributed by atoms with van der Waals surface area (Å²) in [6.45, 7) is 3.69. The van der Waals surface area contributed by atoms with E-state index in [0.29, 0.717) is 33.3 Å². The van der Waals surface area contributed by atoms with Gasteiger partial charge in [-0.15, -0.1) is 10.2 Å². The Labute approximate surface area is 205 Å². The number of nitrogens with one attached hydrogen (secondary N) is 1. The highest BCUT2D eigenvalue weighted by molar-refractivity contribution is 7.15. The molecule has 11 heteroatoms. The summed E-state index contributed by atoms with van der Waals surface area (Å²) in [5.41, 5.74) is 1.67. The van der Waals surface area contributed by atoms with Gasteiger partial charge in [-0.3, -0.25) is 24.6 Å². The van der Waals surface area contributed by atoms with Crippen LogP contribution in [-0.2, 0) is 4.79 Å². The highest BCUT2D eigenvalue weighted by Gasteiger charge is 2.50. The van der Waals surface area contributed by atoms with Gasteiger partial charge in [-0.25, -0.2) is 0 Å². The number of benzene rings is 2. The van der Waals surface area contributed by atoms with Gasteiger partial charge in [0, 0.05) is 11.5 Å². The van der Waals surface area contributed by atoms with Crippen LogP contribution in [0.25, 0.3) is 0 Å². The molecule has 35 heavy (non-hydrogen) atoms. The largest absolute Gasteiger partial charge is 0.493 e. The minimum absolute atomic E-state index is 0.180. The average molecular weight is 494 g/mol. The fourth-order valence-electron chi connectivity index (χ4n) is 4.42. The third-order valence-corrected chi connectivity index (χ3v) is 7.12. The number of carbonyl (C=O) groups is 3. The third kappa shape index (κ3) is 3.59. The number of nitrogens with zero attached hydrogens (tertiary/aromatic N) is 4. The quantitative estimate of drug-likeness (QED) is 0.560. The summed E-state index contributed by atoms with van der Waals surface area (Å²) in [6, 6.07) is 10.3. The normalized spacial score (nSPS) is 16.2. The zero-order valence-corrected chi connectivity index (χ0v) is 20.4. The molecule has 0 fully saturated rings. The molecule has 0 saturated heterocycles. The van der Waals surface area contributed by atoms with Gasteiger partial charge in [0.15, 0.2) is 11.5 Å². The lowest BCUT2D eigenvalue weighted by Gasteiger charge is -2.40. The van der Waals surface area contributed by atoms with Crippen molar-refractivity contribution in [2.75, 3.05) is 31.0 Å². The summed E-state index contributed by atoms with van der Waals surface area (Å²) < 4.78 is 10.9. The standard InChI is InChI=1S/C24H23N5O5S/c1-12(2)20-26-27-24(35-20)25-17(30)11-28-21-14-9-10-16(33-3)19(34-4)18(14)23(32)29(21)15-8-6-5-7-13(15)22(28)31/h5-10,12,21H,11H2,1-4H3,(H,25,27,30)/t21-/m1/s1. The number of para-hydroxylation sites is 1. The predicted octanol–water partition coefficient (Wildman–Crippen LogP) is 3.43. The zero-order valence-electron chi connectivity index (χ0n) is 19.6. The molecule has 3 aromatic rings. The van der Waals surface area contributed by atoms with Crippen LogP contribution in [0.4, 0.5) is 10.8 Å². The number of ether oxygens (including phenoxy) is 2. The molecule has 0 radical (unpaired) electrons. The Bertz CT molecular complexity index is 1350. The van der Waals surface area contributed by atoms with E-state index >= 15 is 0 Å². The fraction of sp³-hybridized carbons (Fsp3) is 0.292. The second-order valence-corrected chi connectivity index (χ2v) is 9.42. The van der Waals surface area contributed by atoms with E-state index in [2.05, 4.69) is 15.5 Å². The lowest BCUT2D eigenvalue weighted by Crippen LogP contribution is -2.50. The number of amides is 3. The van der Waals surface area contributed by atoms with Crippen molar-refractivity contribution < 1.29 is 23.9 Å². The Hall–Kier alpha value is -3.99. The maximum atomic E-state index is 13.7. The highest BCUT2D eigenvalue weighted by atomic mass is 32.1. The molecule has 10 nitrogen and oxygen atoms in total. The molecule has 1 atom stereocenters. The Kier molecular flexibility index (Phi) is 5.64. The molecular weight excluding hydrogens is 470 g/mol. The average Bonchev–Trinajstić information content (AvgIpc) is 3.44. The molecular formula is C24H23N5O5S. The number of aromatic nitrogens is 2. The van der Waals surface area contributed by atoms with E-state index in [4.69, 9.17) is 9.47 Å². The first-order chi connectivity index (χ1) is 16.8. The molecule has 3 amide bonds. The molecule has 0 saturated carbocycles. The van der Waals surface area contributed by atoms with Crippen LogP contribution >= 0.6 is 11.3 Å². The second-order valence-electron chi connectivity index (χ2n) is 8.41. The van der Waals surface area contributed by atoms with E-state index < -0.39 is 12.1 Å². The van der Waals surface area contributed by atoms with E-state index in [1.54, 1.807) is 36.4 Å². The van der Waals surface area contributed by atoms with Crippen molar-refractivity contribution in [1.29, 1.82) is 0 Å². The summed E-state index contributed by atoms with van der Waals surface area (Å²) in [4.78, 5) is 43.2. The highest BCUT2D eigenvalue weighted by Crippen LogP contribution is 2.49. The Morgan fingerprint density at radius 2 is 1.86 bits per heavy atom. The van der Waals surface area contributed by atoms with E-state index in [1.807, 2.05) is 13.8 Å². The van der Waals surface area contributed by atoms with Crippen molar-refractivity contribution in [3.8, 4) is 11.5 Å². The van der Waals surface area contributed by atoms with Crippen molar-refractivity contribution in [3.05, 3.63) is 58.1 Å². The molecule has 5 rings (SSSR count). The minimum Gasteiger partial charge on any atom is -0.493 e. The summed E-state index contributed by atoms with van der Waals surface area (Å²) in [6.07, 6.45) is -0.814. The van der Waals surface area contributed by atoms with E-state index in [0.717, 1.165) is 5.01 Å². The van der Waals surface area contributed by atoms with Crippen molar-refractivity contribution in [2.45, 2.75) is 25.9 Å². The van der Waals surface area contributed by atoms with Gasteiger partial charge in [-0.1, -0.05) is 43.4 Å². The first-order valence-corrected chi connectivity index (χ1v) is 11.8. The number of rotatable bonds is 6. The monoisotopic (exact) mass is 493 g/mol. The smallest absolute Gasteiger partial charge is 0.264 e. The summed E-state index contributed by atoms with van der Waals surface area (Å²) in [7, 11) is 2.95. The minimum atomic E-state index is -0.814. The molecule has 0 unspecified atom stereocenters. The number of carbonyl (C=O) groups excluding carboxylic acids is 3. The molecule has 2 aliphatic rings. The lowest BCUT2D eigenvalue weighted by atomic mass is 10.0. The van der Waals surface area contributed by atoms with Gasteiger partial charge < -0.3 is 14.4 Å². The van der Waals surface area contributed by atoms with Crippen LogP contribution in [0.1, 0.15) is 57.2 Å². The van der Waals surface area contributed by atoms with Gasteiger partial charge in [0.05, 0.1) is 31.0 Å². The lowest BCUT2D eigenvalue weighted by molar-refractivity contribution is -0.117. The second kappa shape index (κ2) is 8.66. The van der Waals surface area contributed by atoms with Crippen LogP contribution in [0.3, 0.4) is 0 Å². The van der Waals surface area contributed by atoms with Crippen LogP contribution in [0.15, 0.2) is 36.4 Å². The topological polar surface area (TPSA) is 114 Å². The molecule has 0 aliphatic carbocycles. The first kappa shape index (κ1) is 22.8. The molecule has 1 aromatic heterocycles. The molecule has 1 N–H and O–H groups in total. The van der Waals surface area contributed by atoms with Crippen LogP contribution in [0.5, 0.6) is 11.5 Å². The summed E-state index contributed by atoms with van der Waals surface area (Å²) in [5.74, 6) is -0.260. The van der Waals surface area contributed by atoms with Crippen LogP contribution in [0, 0.1) is 0 Å². The van der Waals surface area contributed by atoms with Gasteiger partial charge in [-0.2, -0.15) is 0 Å². The van der Waals surface area contributed by atoms with Gasteiger partial charge in [0.1, 0.15) is 17.7 Å². The zero-order chi connectivity index (χ0) is 24.9. The van der Waals surface area contributed by atoms with Crippen LogP contribution in [0.2, 0.25) is 0 Å². The SMILES string of the molecule is COc1ccc2c(c1OC)C(=O)N1c3ccccc3C(=O)N(CC(=O)Nc3nnc(C(C)C)s3)[C@@H]21. The molecule has 2 aliphatic heterocycles. The molecule has 0 bridgehead atoms. The number of methoxy groups -OCH3 is 2. The van der Waals surface area contributed by atoms with E-state index in [-0.39, 0.29) is 30.0 Å².